The lowest BCUT2D eigenvalue weighted by molar-refractivity contribution is 0.0270. The van der Waals surface area contributed by atoms with Crippen LogP contribution in [0.25, 0.3) is 16.5 Å². The van der Waals surface area contributed by atoms with Crippen LogP contribution in [0, 0.1) is 11.3 Å². The summed E-state index contributed by atoms with van der Waals surface area (Å²) in [4.78, 5) is 35.0. The summed E-state index contributed by atoms with van der Waals surface area (Å²) in [6.45, 7) is 10.6. The van der Waals surface area contributed by atoms with E-state index in [9.17, 15) is 9.59 Å². The molecule has 2 aliphatic heterocycles. The zero-order valence-corrected chi connectivity index (χ0v) is 22.9. The number of aromatic nitrogens is 1. The lowest BCUT2D eigenvalue weighted by Crippen LogP contribution is -2.48. The van der Waals surface area contributed by atoms with Gasteiger partial charge in [0.2, 0.25) is 0 Å². The van der Waals surface area contributed by atoms with Crippen LogP contribution in [0.3, 0.4) is 0 Å². The second-order valence-corrected chi connectivity index (χ2v) is 11.3. The highest BCUT2D eigenvalue weighted by atomic mass is 16.6. The van der Waals surface area contributed by atoms with Gasteiger partial charge in [-0.25, -0.2) is 4.79 Å². The number of amides is 2. The number of benzene rings is 2. The number of carbonyl (C=O) groups is 2. The third-order valence-corrected chi connectivity index (χ3v) is 7.23. The maximum absolute atomic E-state index is 13.3. The summed E-state index contributed by atoms with van der Waals surface area (Å²) in [7, 11) is 0. The number of hydrogen-bond acceptors (Lipinski definition) is 5. The molecular formula is C31H35N5O3. The maximum Gasteiger partial charge on any atom is 0.410 e. The summed E-state index contributed by atoms with van der Waals surface area (Å²) >= 11 is 0. The molecule has 8 heteroatoms. The van der Waals surface area contributed by atoms with Gasteiger partial charge in [0, 0.05) is 56.7 Å². The Morgan fingerprint density at radius 2 is 1.72 bits per heavy atom. The third kappa shape index (κ3) is 6.32. The minimum Gasteiger partial charge on any atom is -0.444 e. The number of ether oxygens (including phenoxy) is 1. The predicted octanol–water partition coefficient (Wildman–Crippen LogP) is 5.02. The topological polar surface area (TPSA) is 92.7 Å². The highest BCUT2D eigenvalue weighted by molar-refractivity contribution is 5.98. The van der Waals surface area contributed by atoms with Crippen LogP contribution in [0.4, 0.5) is 4.79 Å². The van der Waals surface area contributed by atoms with Gasteiger partial charge in [-0.3, -0.25) is 9.69 Å². The van der Waals surface area contributed by atoms with E-state index < -0.39 is 5.60 Å². The molecule has 0 bridgehead atoms. The molecule has 0 spiro atoms. The van der Waals surface area contributed by atoms with Crippen LogP contribution < -0.4 is 0 Å². The van der Waals surface area contributed by atoms with E-state index in [4.69, 9.17) is 10.00 Å². The Bertz CT molecular complexity index is 1430. The Labute approximate surface area is 229 Å². The first-order valence-electron chi connectivity index (χ1n) is 13.5. The van der Waals surface area contributed by atoms with Crippen molar-refractivity contribution in [3.63, 3.8) is 0 Å². The van der Waals surface area contributed by atoms with Crippen molar-refractivity contribution in [2.24, 2.45) is 0 Å². The average Bonchev–Trinajstić information content (AvgIpc) is 3.36. The molecule has 0 saturated carbocycles. The molecule has 39 heavy (non-hydrogen) atoms. The van der Waals surface area contributed by atoms with Crippen molar-refractivity contribution < 1.29 is 14.3 Å². The molecule has 8 nitrogen and oxygen atoms in total. The number of aromatic amines is 1. The summed E-state index contributed by atoms with van der Waals surface area (Å²) in [5.74, 6) is 0.0238. The first-order chi connectivity index (χ1) is 18.7. The molecule has 1 aromatic heterocycles. The monoisotopic (exact) mass is 525 g/mol. The minimum absolute atomic E-state index is 0.0238. The molecule has 2 aliphatic rings. The number of rotatable bonds is 4. The number of nitriles is 1. The first kappa shape index (κ1) is 26.5. The molecular weight excluding hydrogens is 490 g/mol. The van der Waals surface area contributed by atoms with Crippen molar-refractivity contribution in [3.05, 3.63) is 77.0 Å². The SMILES string of the molecule is CC(C)(C)OC(=O)N1CC=C(c2ccc3cc(C(=O)N4CCN(Cc5ccc(C#N)cc5)CC4)[nH]c3c2)CC1. The number of piperazine rings is 1. The van der Waals surface area contributed by atoms with E-state index in [0.29, 0.717) is 37.4 Å². The van der Waals surface area contributed by atoms with E-state index in [1.165, 1.54) is 11.1 Å². The second kappa shape index (κ2) is 11.0. The molecule has 1 N–H and O–H groups in total. The van der Waals surface area contributed by atoms with Crippen LogP contribution >= 0.6 is 0 Å². The molecule has 0 atom stereocenters. The van der Waals surface area contributed by atoms with Gasteiger partial charge in [-0.15, -0.1) is 0 Å². The predicted molar refractivity (Wildman–Crippen MR) is 151 cm³/mol. The van der Waals surface area contributed by atoms with Gasteiger partial charge in [0.25, 0.3) is 5.91 Å². The van der Waals surface area contributed by atoms with Crippen molar-refractivity contribution in [2.75, 3.05) is 39.3 Å². The van der Waals surface area contributed by atoms with Crippen LogP contribution in [0.15, 0.2) is 54.6 Å². The summed E-state index contributed by atoms with van der Waals surface area (Å²) < 4.78 is 5.50. The van der Waals surface area contributed by atoms with Crippen LogP contribution in [0.5, 0.6) is 0 Å². The van der Waals surface area contributed by atoms with E-state index in [2.05, 4.69) is 40.2 Å². The quantitative estimate of drug-likeness (QED) is 0.516. The number of H-pyrrole nitrogens is 1. The standard InChI is InChI=1S/C31H35N5O3/c1-31(2,3)39-30(38)36-12-10-24(11-13-36)25-8-9-26-19-28(33-27(26)18-25)29(37)35-16-14-34(15-17-35)21-23-6-4-22(20-32)5-7-23/h4-10,18-19,33H,11-17,21H2,1-3H3. The summed E-state index contributed by atoms with van der Waals surface area (Å²) in [6, 6.07) is 18.0. The average molecular weight is 526 g/mol. The van der Waals surface area contributed by atoms with Gasteiger partial charge in [0.05, 0.1) is 11.6 Å². The Kier molecular flexibility index (Phi) is 7.45. The van der Waals surface area contributed by atoms with Gasteiger partial charge in [-0.1, -0.05) is 30.3 Å². The van der Waals surface area contributed by atoms with Crippen LogP contribution in [0.1, 0.15) is 54.4 Å². The van der Waals surface area contributed by atoms with Crippen molar-refractivity contribution in [1.29, 1.82) is 5.26 Å². The second-order valence-electron chi connectivity index (χ2n) is 11.3. The molecule has 0 radical (unpaired) electrons. The molecule has 1 fully saturated rings. The molecule has 2 amide bonds. The molecule has 1 saturated heterocycles. The fourth-order valence-corrected chi connectivity index (χ4v) is 5.09. The van der Waals surface area contributed by atoms with E-state index in [1.807, 2.05) is 56.0 Å². The summed E-state index contributed by atoms with van der Waals surface area (Å²) in [6.07, 6.45) is 2.56. The van der Waals surface area contributed by atoms with Gasteiger partial charge in [0.15, 0.2) is 0 Å². The number of hydrogen-bond donors (Lipinski definition) is 1. The number of nitrogens with one attached hydrogen (secondary N) is 1. The zero-order chi connectivity index (χ0) is 27.6. The Morgan fingerprint density at radius 1 is 0.974 bits per heavy atom. The van der Waals surface area contributed by atoms with Crippen molar-refractivity contribution in [3.8, 4) is 6.07 Å². The first-order valence-corrected chi connectivity index (χ1v) is 13.5. The van der Waals surface area contributed by atoms with E-state index in [0.717, 1.165) is 42.5 Å². The van der Waals surface area contributed by atoms with Crippen molar-refractivity contribution in [2.45, 2.75) is 39.3 Å². The van der Waals surface area contributed by atoms with Crippen LogP contribution in [-0.2, 0) is 11.3 Å². The van der Waals surface area contributed by atoms with E-state index in [-0.39, 0.29) is 12.0 Å². The summed E-state index contributed by atoms with van der Waals surface area (Å²) in [5, 5.41) is 9.99. The Balaban J connectivity index is 1.19. The Morgan fingerprint density at radius 3 is 2.36 bits per heavy atom. The number of nitrogens with zero attached hydrogens (tertiary/aromatic N) is 4. The van der Waals surface area contributed by atoms with Crippen LogP contribution in [0.2, 0.25) is 0 Å². The lowest BCUT2D eigenvalue weighted by atomic mass is 9.99. The van der Waals surface area contributed by atoms with Gasteiger partial charge in [0.1, 0.15) is 11.3 Å². The molecule has 5 rings (SSSR count). The molecule has 3 aromatic rings. The van der Waals surface area contributed by atoms with Gasteiger partial charge < -0.3 is 19.5 Å². The molecule has 0 aliphatic carbocycles. The fourth-order valence-electron chi connectivity index (χ4n) is 5.09. The fraction of sp³-hybridized carbons (Fsp3) is 0.387. The van der Waals surface area contributed by atoms with E-state index >= 15 is 0 Å². The van der Waals surface area contributed by atoms with Gasteiger partial charge >= 0.3 is 6.09 Å². The van der Waals surface area contributed by atoms with Crippen molar-refractivity contribution in [1.82, 2.24) is 19.7 Å². The highest BCUT2D eigenvalue weighted by Crippen LogP contribution is 2.27. The maximum atomic E-state index is 13.3. The zero-order valence-electron chi connectivity index (χ0n) is 22.9. The largest absolute Gasteiger partial charge is 0.444 e. The molecule has 0 unspecified atom stereocenters. The molecule has 2 aromatic carbocycles. The van der Waals surface area contributed by atoms with Gasteiger partial charge in [-0.05, 0) is 68.2 Å². The van der Waals surface area contributed by atoms with E-state index in [1.54, 1.807) is 4.90 Å². The van der Waals surface area contributed by atoms with Gasteiger partial charge in [-0.2, -0.15) is 5.26 Å². The normalized spacial score (nSPS) is 16.6. The lowest BCUT2D eigenvalue weighted by Gasteiger charge is -2.34. The molecule has 3 heterocycles. The summed E-state index contributed by atoms with van der Waals surface area (Å²) in [5.41, 5.74) is 5.17. The van der Waals surface area contributed by atoms with Crippen LogP contribution in [-0.4, -0.2) is 76.6 Å². The third-order valence-electron chi connectivity index (χ3n) is 7.23. The smallest absolute Gasteiger partial charge is 0.410 e. The Hall–Kier alpha value is -4.09. The number of carbonyl (C=O) groups excluding carboxylic acids is 2. The minimum atomic E-state index is -0.505. The van der Waals surface area contributed by atoms with Crippen molar-refractivity contribution >= 4 is 28.5 Å². The highest BCUT2D eigenvalue weighted by Gasteiger charge is 2.25. The number of fused-ring (bicyclic) bond motifs is 1. The molecule has 202 valence electrons.